The molecule has 0 saturated carbocycles. The van der Waals surface area contributed by atoms with Crippen molar-refractivity contribution < 1.29 is 19.6 Å². The maximum atomic E-state index is 12.0. The standard InChI is InChI=1S/C15H25BN4O4/c1-14(2,3)24-13(21)19-15(4)5-7-20(8-6-15)12-17-9-11(10-18-12)16(22)23/h9-10,22-23H,5-8H2,1-4H3,(H,19,21). The molecule has 0 bridgehead atoms. The summed E-state index contributed by atoms with van der Waals surface area (Å²) in [5.41, 5.74) is -0.596. The monoisotopic (exact) mass is 336 g/mol. The van der Waals surface area contributed by atoms with E-state index in [1.165, 1.54) is 12.4 Å². The highest BCUT2D eigenvalue weighted by Gasteiger charge is 2.33. The number of piperidine rings is 1. The van der Waals surface area contributed by atoms with Crippen molar-refractivity contribution in [1.82, 2.24) is 15.3 Å². The molecule has 1 aromatic heterocycles. The average Bonchev–Trinajstić information content (AvgIpc) is 2.45. The number of anilines is 1. The Bertz CT molecular complexity index is 566. The van der Waals surface area contributed by atoms with Gasteiger partial charge in [-0.3, -0.25) is 0 Å². The summed E-state index contributed by atoms with van der Waals surface area (Å²) < 4.78 is 5.32. The van der Waals surface area contributed by atoms with Crippen LogP contribution in [0.5, 0.6) is 0 Å². The van der Waals surface area contributed by atoms with Gasteiger partial charge >= 0.3 is 13.2 Å². The molecule has 0 spiro atoms. The molecule has 1 aromatic rings. The second kappa shape index (κ2) is 6.94. The van der Waals surface area contributed by atoms with Crippen molar-refractivity contribution in [3.63, 3.8) is 0 Å². The van der Waals surface area contributed by atoms with Crippen LogP contribution < -0.4 is 15.7 Å². The van der Waals surface area contributed by atoms with Gasteiger partial charge < -0.3 is 25.0 Å². The number of aromatic nitrogens is 2. The van der Waals surface area contributed by atoms with Crippen molar-refractivity contribution in [2.75, 3.05) is 18.0 Å². The number of ether oxygens (including phenoxy) is 1. The molecule has 9 heteroatoms. The number of rotatable bonds is 3. The fourth-order valence-electron chi connectivity index (χ4n) is 2.50. The normalized spacial score (nSPS) is 17.3. The molecule has 1 amide bonds. The maximum Gasteiger partial charge on any atom is 0.491 e. The Morgan fingerprint density at radius 2 is 1.83 bits per heavy atom. The molecule has 2 rings (SSSR count). The van der Waals surface area contributed by atoms with Crippen molar-refractivity contribution in [2.45, 2.75) is 51.7 Å². The average molecular weight is 336 g/mol. The minimum Gasteiger partial charge on any atom is -0.444 e. The fraction of sp³-hybridized carbons (Fsp3) is 0.667. The van der Waals surface area contributed by atoms with Crippen LogP contribution in [0.1, 0.15) is 40.5 Å². The Morgan fingerprint density at radius 1 is 1.29 bits per heavy atom. The smallest absolute Gasteiger partial charge is 0.444 e. The van der Waals surface area contributed by atoms with Crippen molar-refractivity contribution in [1.29, 1.82) is 0 Å². The molecule has 8 nitrogen and oxygen atoms in total. The zero-order chi connectivity index (χ0) is 18.0. The third-order valence-corrected chi connectivity index (χ3v) is 3.91. The van der Waals surface area contributed by atoms with E-state index in [0.717, 1.165) is 12.8 Å². The molecule has 1 aliphatic heterocycles. The summed E-state index contributed by atoms with van der Waals surface area (Å²) in [6, 6.07) is 0. The Kier molecular flexibility index (Phi) is 5.34. The Balaban J connectivity index is 1.91. The van der Waals surface area contributed by atoms with Crippen LogP contribution in [0.4, 0.5) is 10.7 Å². The highest BCUT2D eigenvalue weighted by Crippen LogP contribution is 2.24. The van der Waals surface area contributed by atoms with Gasteiger partial charge in [-0.2, -0.15) is 0 Å². The second-order valence-corrected chi connectivity index (χ2v) is 7.36. The summed E-state index contributed by atoms with van der Waals surface area (Å²) in [7, 11) is -1.57. The lowest BCUT2D eigenvalue weighted by Crippen LogP contribution is -2.54. The van der Waals surface area contributed by atoms with Gasteiger partial charge in [-0.1, -0.05) is 0 Å². The van der Waals surface area contributed by atoms with Crippen LogP contribution in [0.3, 0.4) is 0 Å². The first-order valence-electron chi connectivity index (χ1n) is 8.02. The molecular formula is C15H25BN4O4. The molecule has 1 saturated heterocycles. The van der Waals surface area contributed by atoms with Gasteiger partial charge in [0.2, 0.25) is 5.95 Å². The quantitative estimate of drug-likeness (QED) is 0.669. The number of carbonyl (C=O) groups excluding carboxylic acids is 1. The summed E-state index contributed by atoms with van der Waals surface area (Å²) >= 11 is 0. The number of hydrogen-bond acceptors (Lipinski definition) is 7. The van der Waals surface area contributed by atoms with Gasteiger partial charge in [-0.25, -0.2) is 14.8 Å². The van der Waals surface area contributed by atoms with Crippen LogP contribution in [0.15, 0.2) is 12.4 Å². The van der Waals surface area contributed by atoms with E-state index >= 15 is 0 Å². The molecule has 0 aliphatic carbocycles. The van der Waals surface area contributed by atoms with E-state index in [1.54, 1.807) is 0 Å². The lowest BCUT2D eigenvalue weighted by molar-refractivity contribution is 0.0448. The summed E-state index contributed by atoms with van der Waals surface area (Å²) in [6.07, 6.45) is 3.87. The van der Waals surface area contributed by atoms with E-state index in [-0.39, 0.29) is 11.0 Å². The topological polar surface area (TPSA) is 108 Å². The molecule has 0 unspecified atom stereocenters. The first kappa shape index (κ1) is 18.5. The van der Waals surface area contributed by atoms with Gasteiger partial charge in [-0.15, -0.1) is 0 Å². The van der Waals surface area contributed by atoms with E-state index in [9.17, 15) is 4.79 Å². The van der Waals surface area contributed by atoms with Crippen molar-refractivity contribution in [3.05, 3.63) is 12.4 Å². The van der Waals surface area contributed by atoms with Crippen LogP contribution in [-0.2, 0) is 4.74 Å². The van der Waals surface area contributed by atoms with Gasteiger partial charge in [0.05, 0.1) is 0 Å². The molecule has 0 atom stereocenters. The van der Waals surface area contributed by atoms with E-state index in [1.807, 2.05) is 32.6 Å². The Labute approximate surface area is 142 Å². The molecule has 1 aliphatic rings. The number of nitrogens with one attached hydrogen (secondary N) is 1. The van der Waals surface area contributed by atoms with Gasteiger partial charge in [0.1, 0.15) is 5.60 Å². The summed E-state index contributed by atoms with van der Waals surface area (Å²) in [6.45, 7) is 8.88. The minimum absolute atomic E-state index is 0.257. The summed E-state index contributed by atoms with van der Waals surface area (Å²) in [5, 5.41) is 21.1. The molecule has 1 fully saturated rings. The lowest BCUT2D eigenvalue weighted by atomic mass is 9.83. The molecule has 0 radical (unpaired) electrons. The van der Waals surface area contributed by atoms with E-state index in [4.69, 9.17) is 14.8 Å². The number of nitrogens with zero attached hydrogens (tertiary/aromatic N) is 3. The predicted molar refractivity (Wildman–Crippen MR) is 91.1 cm³/mol. The largest absolute Gasteiger partial charge is 0.491 e. The van der Waals surface area contributed by atoms with Crippen molar-refractivity contribution in [2.24, 2.45) is 0 Å². The molecular weight excluding hydrogens is 311 g/mol. The van der Waals surface area contributed by atoms with Gasteiger partial charge in [0.15, 0.2) is 0 Å². The first-order chi connectivity index (χ1) is 11.1. The zero-order valence-corrected chi connectivity index (χ0v) is 14.6. The predicted octanol–water partition coefficient (Wildman–Crippen LogP) is 0.0400. The van der Waals surface area contributed by atoms with Crippen LogP contribution >= 0.6 is 0 Å². The van der Waals surface area contributed by atoms with Gasteiger partial charge in [-0.05, 0) is 40.5 Å². The second-order valence-electron chi connectivity index (χ2n) is 7.36. The maximum absolute atomic E-state index is 12.0. The van der Waals surface area contributed by atoms with E-state index in [2.05, 4.69) is 15.3 Å². The molecule has 24 heavy (non-hydrogen) atoms. The van der Waals surface area contributed by atoms with Crippen LogP contribution in [-0.4, -0.2) is 57.5 Å². The Hall–Kier alpha value is -1.87. The van der Waals surface area contributed by atoms with Crippen LogP contribution in [0.25, 0.3) is 0 Å². The number of amides is 1. The number of hydrogen-bond donors (Lipinski definition) is 3. The first-order valence-corrected chi connectivity index (χ1v) is 8.02. The highest BCUT2D eigenvalue weighted by atomic mass is 16.6. The van der Waals surface area contributed by atoms with Crippen LogP contribution in [0.2, 0.25) is 0 Å². The highest BCUT2D eigenvalue weighted by molar-refractivity contribution is 6.58. The molecule has 3 N–H and O–H groups in total. The third kappa shape index (κ3) is 5.07. The molecule has 0 aromatic carbocycles. The fourth-order valence-corrected chi connectivity index (χ4v) is 2.50. The van der Waals surface area contributed by atoms with Gasteiger partial charge in [0.25, 0.3) is 0 Å². The van der Waals surface area contributed by atoms with Crippen molar-refractivity contribution in [3.8, 4) is 0 Å². The zero-order valence-electron chi connectivity index (χ0n) is 14.6. The number of alkyl carbamates (subject to hydrolysis) is 1. The molecule has 132 valence electrons. The summed E-state index contributed by atoms with van der Waals surface area (Å²) in [5.74, 6) is 0.540. The van der Waals surface area contributed by atoms with Crippen LogP contribution in [0, 0.1) is 0 Å². The van der Waals surface area contributed by atoms with E-state index in [0.29, 0.717) is 19.0 Å². The molecule has 2 heterocycles. The number of carbonyl (C=O) groups is 1. The van der Waals surface area contributed by atoms with Crippen molar-refractivity contribution >= 4 is 24.6 Å². The van der Waals surface area contributed by atoms with Gasteiger partial charge in [0, 0.05) is 36.5 Å². The SMILES string of the molecule is CC1(NC(=O)OC(C)(C)C)CCN(c2ncc(B(O)O)cn2)CC1. The Morgan fingerprint density at radius 3 is 2.29 bits per heavy atom. The minimum atomic E-state index is -1.57. The third-order valence-electron chi connectivity index (χ3n) is 3.91. The lowest BCUT2D eigenvalue weighted by Gasteiger charge is -2.40. The van der Waals surface area contributed by atoms with E-state index < -0.39 is 18.8 Å². The summed E-state index contributed by atoms with van der Waals surface area (Å²) in [4.78, 5) is 22.3.